The Labute approximate surface area is 151 Å². The standard InChI is InChI=1S/C19H23FO6/c1-24-13-7-5-11(6-8-13)9-12-3-2-4-14(12)25-19-18(23)17(22)16(20)15(10-21)26-19/h2,4-8,15-19,21-23H,3,9-10H2,1H3. The lowest BCUT2D eigenvalue weighted by Gasteiger charge is -2.38. The van der Waals surface area contributed by atoms with Crippen LogP contribution in [-0.4, -0.2) is 59.8 Å². The van der Waals surface area contributed by atoms with Crippen LogP contribution in [0.1, 0.15) is 12.0 Å². The molecule has 3 rings (SSSR count). The SMILES string of the molecule is COc1ccc(CC2=C(OC3OC(CO)C(F)C(O)C3O)C=CC2)cc1. The molecule has 0 radical (unpaired) electrons. The first-order chi connectivity index (χ1) is 12.5. The summed E-state index contributed by atoms with van der Waals surface area (Å²) in [5.41, 5.74) is 2.04. The predicted octanol–water partition coefficient (Wildman–Crippen LogP) is 1.25. The third kappa shape index (κ3) is 3.91. The molecule has 0 aromatic heterocycles. The average Bonchev–Trinajstić information content (AvgIpc) is 3.09. The van der Waals surface area contributed by atoms with Crippen LogP contribution in [0.5, 0.6) is 5.75 Å². The second-order valence-corrected chi connectivity index (χ2v) is 6.37. The van der Waals surface area contributed by atoms with Gasteiger partial charge in [-0.1, -0.05) is 18.2 Å². The molecule has 0 spiro atoms. The molecule has 26 heavy (non-hydrogen) atoms. The fourth-order valence-electron chi connectivity index (χ4n) is 3.06. The largest absolute Gasteiger partial charge is 0.497 e. The maximum atomic E-state index is 13.8. The number of alkyl halides is 1. The molecule has 3 N–H and O–H groups in total. The van der Waals surface area contributed by atoms with Crippen LogP contribution >= 0.6 is 0 Å². The lowest BCUT2D eigenvalue weighted by Crippen LogP contribution is -2.57. The van der Waals surface area contributed by atoms with E-state index in [1.54, 1.807) is 13.2 Å². The molecule has 0 bridgehead atoms. The maximum absolute atomic E-state index is 13.8. The fraction of sp³-hybridized carbons (Fsp3) is 0.474. The number of rotatable bonds is 6. The van der Waals surface area contributed by atoms with Crippen LogP contribution in [0.15, 0.2) is 47.7 Å². The quantitative estimate of drug-likeness (QED) is 0.702. The molecular weight excluding hydrogens is 343 g/mol. The van der Waals surface area contributed by atoms with E-state index in [-0.39, 0.29) is 0 Å². The minimum Gasteiger partial charge on any atom is -0.497 e. The van der Waals surface area contributed by atoms with Gasteiger partial charge in [-0.15, -0.1) is 0 Å². The number of hydrogen-bond acceptors (Lipinski definition) is 6. The number of methoxy groups -OCH3 is 1. The number of benzene rings is 1. The normalized spacial score (nSPS) is 31.3. The first kappa shape index (κ1) is 18.8. The highest BCUT2D eigenvalue weighted by atomic mass is 19.1. The van der Waals surface area contributed by atoms with E-state index >= 15 is 0 Å². The predicted molar refractivity (Wildman–Crippen MR) is 91.2 cm³/mol. The van der Waals surface area contributed by atoms with Crippen LogP contribution in [0.3, 0.4) is 0 Å². The van der Waals surface area contributed by atoms with E-state index in [4.69, 9.17) is 14.2 Å². The van der Waals surface area contributed by atoms with Crippen LogP contribution in [0.25, 0.3) is 0 Å². The molecule has 2 aliphatic rings. The van der Waals surface area contributed by atoms with Gasteiger partial charge in [-0.3, -0.25) is 0 Å². The van der Waals surface area contributed by atoms with Gasteiger partial charge in [0.15, 0.2) is 6.17 Å². The summed E-state index contributed by atoms with van der Waals surface area (Å²) in [5, 5.41) is 29.0. The van der Waals surface area contributed by atoms with Gasteiger partial charge in [-0.25, -0.2) is 4.39 Å². The molecule has 1 aromatic carbocycles. The van der Waals surface area contributed by atoms with Crippen LogP contribution < -0.4 is 4.74 Å². The molecular formula is C19H23FO6. The number of hydrogen-bond donors (Lipinski definition) is 3. The molecule has 0 saturated carbocycles. The first-order valence-electron chi connectivity index (χ1n) is 8.48. The topological polar surface area (TPSA) is 88.4 Å². The molecule has 6 nitrogen and oxygen atoms in total. The third-order valence-corrected chi connectivity index (χ3v) is 4.60. The average molecular weight is 366 g/mol. The Bertz CT molecular complexity index is 669. The second kappa shape index (κ2) is 8.18. The van der Waals surface area contributed by atoms with Gasteiger partial charge in [-0.05, 0) is 42.2 Å². The van der Waals surface area contributed by atoms with E-state index in [1.165, 1.54) is 0 Å². The van der Waals surface area contributed by atoms with Gasteiger partial charge >= 0.3 is 0 Å². The molecule has 1 saturated heterocycles. The number of halogens is 1. The van der Waals surface area contributed by atoms with Crippen molar-refractivity contribution in [3.05, 3.63) is 53.3 Å². The van der Waals surface area contributed by atoms with Crippen molar-refractivity contribution in [2.45, 2.75) is 43.6 Å². The molecule has 1 aliphatic carbocycles. The summed E-state index contributed by atoms with van der Waals surface area (Å²) in [5.74, 6) is 1.29. The number of ether oxygens (including phenoxy) is 3. The summed E-state index contributed by atoms with van der Waals surface area (Å²) in [6.45, 7) is -0.613. The van der Waals surface area contributed by atoms with Gasteiger partial charge in [0, 0.05) is 0 Å². The molecule has 1 fully saturated rings. The summed E-state index contributed by atoms with van der Waals surface area (Å²) < 4.78 is 29.9. The van der Waals surface area contributed by atoms with E-state index in [2.05, 4.69) is 0 Å². The van der Waals surface area contributed by atoms with Crippen molar-refractivity contribution in [3.8, 4) is 5.75 Å². The Morgan fingerprint density at radius 1 is 1.19 bits per heavy atom. The summed E-state index contributed by atoms with van der Waals surface area (Å²) in [6, 6.07) is 7.65. The van der Waals surface area contributed by atoms with Crippen LogP contribution in [0.2, 0.25) is 0 Å². The van der Waals surface area contributed by atoms with Gasteiger partial charge in [0.25, 0.3) is 0 Å². The lowest BCUT2D eigenvalue weighted by molar-refractivity contribution is -0.279. The summed E-state index contributed by atoms with van der Waals surface area (Å²) in [4.78, 5) is 0. The van der Waals surface area contributed by atoms with Gasteiger partial charge < -0.3 is 29.5 Å². The molecule has 1 aromatic rings. The second-order valence-electron chi connectivity index (χ2n) is 6.37. The Hall–Kier alpha value is -1.93. The van der Waals surface area contributed by atoms with Crippen molar-refractivity contribution in [3.63, 3.8) is 0 Å². The van der Waals surface area contributed by atoms with Crippen LogP contribution in [0.4, 0.5) is 4.39 Å². The van der Waals surface area contributed by atoms with Crippen molar-refractivity contribution >= 4 is 0 Å². The molecule has 7 heteroatoms. The minimum atomic E-state index is -1.87. The van der Waals surface area contributed by atoms with Crippen molar-refractivity contribution in [2.75, 3.05) is 13.7 Å². The molecule has 0 amide bonds. The highest BCUT2D eigenvalue weighted by Gasteiger charge is 2.46. The highest BCUT2D eigenvalue weighted by Crippen LogP contribution is 2.30. The number of allylic oxidation sites excluding steroid dienone is 3. The monoisotopic (exact) mass is 366 g/mol. The van der Waals surface area contributed by atoms with Gasteiger partial charge in [0.1, 0.15) is 29.8 Å². The van der Waals surface area contributed by atoms with E-state index in [1.807, 2.05) is 30.3 Å². The number of aliphatic hydroxyl groups excluding tert-OH is 3. The fourth-order valence-corrected chi connectivity index (χ4v) is 3.06. The Balaban J connectivity index is 1.71. The highest BCUT2D eigenvalue weighted by molar-refractivity contribution is 5.36. The number of aliphatic hydroxyl groups is 3. The van der Waals surface area contributed by atoms with Gasteiger partial charge in [0.05, 0.1) is 13.7 Å². The van der Waals surface area contributed by atoms with E-state index < -0.39 is 37.4 Å². The first-order valence-corrected chi connectivity index (χ1v) is 8.48. The smallest absolute Gasteiger partial charge is 0.229 e. The minimum absolute atomic E-state index is 0.520. The molecule has 5 unspecified atom stereocenters. The molecule has 1 aliphatic heterocycles. The van der Waals surface area contributed by atoms with Crippen LogP contribution in [0, 0.1) is 0 Å². The third-order valence-electron chi connectivity index (χ3n) is 4.60. The Morgan fingerprint density at radius 3 is 2.58 bits per heavy atom. The summed E-state index contributed by atoms with van der Waals surface area (Å²) in [6.07, 6.45) is -2.60. The van der Waals surface area contributed by atoms with Crippen molar-refractivity contribution in [2.24, 2.45) is 0 Å². The zero-order chi connectivity index (χ0) is 18.7. The van der Waals surface area contributed by atoms with Gasteiger partial charge in [-0.2, -0.15) is 0 Å². The van der Waals surface area contributed by atoms with E-state index in [0.29, 0.717) is 18.6 Å². The van der Waals surface area contributed by atoms with Crippen molar-refractivity contribution < 1.29 is 33.9 Å². The summed E-state index contributed by atoms with van der Waals surface area (Å²) in [7, 11) is 1.61. The zero-order valence-electron chi connectivity index (χ0n) is 14.4. The summed E-state index contributed by atoms with van der Waals surface area (Å²) >= 11 is 0. The lowest BCUT2D eigenvalue weighted by atomic mass is 10.0. The molecule has 5 atom stereocenters. The van der Waals surface area contributed by atoms with Crippen molar-refractivity contribution in [1.29, 1.82) is 0 Å². The molecule has 1 heterocycles. The Kier molecular flexibility index (Phi) is 5.93. The zero-order valence-corrected chi connectivity index (χ0v) is 14.4. The van der Waals surface area contributed by atoms with Crippen molar-refractivity contribution in [1.82, 2.24) is 0 Å². The van der Waals surface area contributed by atoms with Crippen LogP contribution in [-0.2, 0) is 15.9 Å². The van der Waals surface area contributed by atoms with E-state index in [0.717, 1.165) is 16.9 Å². The Morgan fingerprint density at radius 2 is 1.92 bits per heavy atom. The molecule has 142 valence electrons. The maximum Gasteiger partial charge on any atom is 0.229 e. The van der Waals surface area contributed by atoms with E-state index in [9.17, 15) is 19.7 Å². The van der Waals surface area contributed by atoms with Gasteiger partial charge in [0.2, 0.25) is 6.29 Å².